The maximum Gasteiger partial charge on any atom is 0.248 e. The molecule has 0 bridgehead atoms. The molecular formula is C13H16ClF2NO. The van der Waals surface area contributed by atoms with Crippen molar-refractivity contribution in [3.63, 3.8) is 0 Å². The zero-order valence-corrected chi connectivity index (χ0v) is 10.9. The Balaban J connectivity index is 1.89. The molecule has 18 heavy (non-hydrogen) atoms. The summed E-state index contributed by atoms with van der Waals surface area (Å²) >= 11 is 5.99. The van der Waals surface area contributed by atoms with Gasteiger partial charge >= 0.3 is 0 Å². The van der Waals surface area contributed by atoms with Gasteiger partial charge in [-0.1, -0.05) is 11.6 Å². The van der Waals surface area contributed by atoms with Crippen LogP contribution in [0, 0.1) is 5.92 Å². The van der Waals surface area contributed by atoms with Gasteiger partial charge in [-0.15, -0.1) is 0 Å². The average molecular weight is 276 g/mol. The molecule has 1 saturated carbocycles. The molecule has 0 aliphatic heterocycles. The van der Waals surface area contributed by atoms with E-state index in [1.54, 1.807) is 19.2 Å². The van der Waals surface area contributed by atoms with Crippen LogP contribution in [0.15, 0.2) is 18.2 Å². The monoisotopic (exact) mass is 275 g/mol. The summed E-state index contributed by atoms with van der Waals surface area (Å²) in [7, 11) is 1.55. The van der Waals surface area contributed by atoms with Crippen LogP contribution in [-0.2, 0) is 0 Å². The molecule has 5 heteroatoms. The Kier molecular flexibility index (Phi) is 3.95. The minimum Gasteiger partial charge on any atom is -0.495 e. The van der Waals surface area contributed by atoms with Gasteiger partial charge in [0.2, 0.25) is 5.92 Å². The topological polar surface area (TPSA) is 21.3 Å². The Morgan fingerprint density at radius 3 is 2.83 bits per heavy atom. The Labute approximate surface area is 110 Å². The van der Waals surface area contributed by atoms with Crippen molar-refractivity contribution in [2.45, 2.75) is 25.2 Å². The molecule has 0 radical (unpaired) electrons. The fraction of sp³-hybridized carbons (Fsp3) is 0.538. The van der Waals surface area contributed by atoms with Crippen molar-refractivity contribution >= 4 is 17.3 Å². The number of anilines is 1. The molecule has 1 aliphatic carbocycles. The van der Waals surface area contributed by atoms with Crippen LogP contribution in [0.5, 0.6) is 5.75 Å². The number of alkyl halides is 2. The van der Waals surface area contributed by atoms with Crippen LogP contribution in [0.25, 0.3) is 0 Å². The second kappa shape index (κ2) is 5.31. The molecule has 2 rings (SSSR count). The largest absolute Gasteiger partial charge is 0.495 e. The maximum atomic E-state index is 13.0. The predicted molar refractivity (Wildman–Crippen MR) is 68.8 cm³/mol. The Morgan fingerprint density at radius 1 is 1.50 bits per heavy atom. The van der Waals surface area contributed by atoms with E-state index < -0.39 is 5.92 Å². The Bertz CT molecular complexity index is 425. The molecule has 1 aliphatic rings. The lowest BCUT2D eigenvalue weighted by Gasteiger charge is -2.13. The van der Waals surface area contributed by atoms with Crippen molar-refractivity contribution in [2.24, 2.45) is 5.92 Å². The highest BCUT2D eigenvalue weighted by molar-refractivity contribution is 6.32. The molecule has 0 amide bonds. The maximum absolute atomic E-state index is 13.0. The van der Waals surface area contributed by atoms with E-state index in [4.69, 9.17) is 16.3 Å². The molecule has 0 saturated heterocycles. The lowest BCUT2D eigenvalue weighted by atomic mass is 10.1. The smallest absolute Gasteiger partial charge is 0.248 e. The van der Waals surface area contributed by atoms with E-state index in [1.165, 1.54) is 0 Å². The van der Waals surface area contributed by atoms with Gasteiger partial charge in [0.1, 0.15) is 5.75 Å². The van der Waals surface area contributed by atoms with Gasteiger partial charge in [0, 0.05) is 25.1 Å². The second-order valence-corrected chi connectivity index (χ2v) is 5.10. The SMILES string of the molecule is COc1ccc(NCC2CCC(F)(F)C2)cc1Cl. The van der Waals surface area contributed by atoms with Crippen LogP contribution in [0.4, 0.5) is 14.5 Å². The molecule has 2 nitrogen and oxygen atoms in total. The Morgan fingerprint density at radius 2 is 2.28 bits per heavy atom. The van der Waals surface area contributed by atoms with E-state index >= 15 is 0 Å². The molecule has 1 unspecified atom stereocenters. The average Bonchev–Trinajstić information content (AvgIpc) is 2.66. The third-order valence-corrected chi connectivity index (χ3v) is 3.55. The number of rotatable bonds is 4. The predicted octanol–water partition coefficient (Wildman–Crippen LogP) is 4.20. The molecule has 1 aromatic carbocycles. The zero-order chi connectivity index (χ0) is 13.2. The van der Waals surface area contributed by atoms with E-state index in [0.29, 0.717) is 23.7 Å². The summed E-state index contributed by atoms with van der Waals surface area (Å²) in [6.07, 6.45) is 0.552. The molecule has 100 valence electrons. The first-order valence-electron chi connectivity index (χ1n) is 5.95. The fourth-order valence-electron chi connectivity index (χ4n) is 2.25. The summed E-state index contributed by atoms with van der Waals surface area (Å²) in [6.45, 7) is 0.554. The highest BCUT2D eigenvalue weighted by Crippen LogP contribution is 2.39. The lowest BCUT2D eigenvalue weighted by Crippen LogP contribution is -2.15. The van der Waals surface area contributed by atoms with Gasteiger partial charge in [-0.3, -0.25) is 0 Å². The van der Waals surface area contributed by atoms with Crippen LogP contribution in [0.1, 0.15) is 19.3 Å². The molecule has 1 fully saturated rings. The molecular weight excluding hydrogens is 260 g/mol. The first-order chi connectivity index (χ1) is 8.50. The quantitative estimate of drug-likeness (QED) is 0.889. The molecule has 1 aromatic rings. The molecule has 0 aromatic heterocycles. The van der Waals surface area contributed by atoms with E-state index in [0.717, 1.165) is 5.69 Å². The zero-order valence-electron chi connectivity index (χ0n) is 10.2. The van der Waals surface area contributed by atoms with Gasteiger partial charge < -0.3 is 10.1 Å². The number of ether oxygens (including phenoxy) is 1. The number of methoxy groups -OCH3 is 1. The molecule has 1 atom stereocenters. The summed E-state index contributed by atoms with van der Waals surface area (Å²) in [5, 5.41) is 3.66. The summed E-state index contributed by atoms with van der Waals surface area (Å²) in [4.78, 5) is 0. The lowest BCUT2D eigenvalue weighted by molar-refractivity contribution is 0.00556. The number of hydrogen-bond donors (Lipinski definition) is 1. The van der Waals surface area contributed by atoms with Gasteiger partial charge in [-0.2, -0.15) is 0 Å². The fourth-order valence-corrected chi connectivity index (χ4v) is 2.51. The molecule has 0 spiro atoms. The van der Waals surface area contributed by atoms with E-state index in [2.05, 4.69) is 5.32 Å². The third-order valence-electron chi connectivity index (χ3n) is 3.25. The molecule has 1 N–H and O–H groups in total. The minimum atomic E-state index is -2.48. The summed E-state index contributed by atoms with van der Waals surface area (Å²) in [6, 6.07) is 5.33. The number of halogens is 3. The summed E-state index contributed by atoms with van der Waals surface area (Å²) in [5.41, 5.74) is 0.830. The minimum absolute atomic E-state index is 0.00269. The van der Waals surface area contributed by atoms with Crippen molar-refractivity contribution in [3.05, 3.63) is 23.2 Å². The van der Waals surface area contributed by atoms with E-state index in [9.17, 15) is 8.78 Å². The number of hydrogen-bond acceptors (Lipinski definition) is 2. The van der Waals surface area contributed by atoms with Crippen molar-refractivity contribution in [1.82, 2.24) is 0 Å². The first-order valence-corrected chi connectivity index (χ1v) is 6.33. The summed E-state index contributed by atoms with van der Waals surface area (Å²) < 4.78 is 31.1. The third kappa shape index (κ3) is 3.25. The van der Waals surface area contributed by atoms with Crippen LogP contribution < -0.4 is 10.1 Å². The standard InChI is InChI=1S/C13H16ClF2NO/c1-18-12-3-2-10(6-11(12)14)17-8-9-4-5-13(15,16)7-9/h2-3,6,9,17H,4-5,7-8H2,1H3. The van der Waals surface area contributed by atoms with Crippen molar-refractivity contribution in [2.75, 3.05) is 19.0 Å². The second-order valence-electron chi connectivity index (χ2n) is 4.70. The number of benzene rings is 1. The number of nitrogens with one attached hydrogen (secondary N) is 1. The molecule has 0 heterocycles. The van der Waals surface area contributed by atoms with Gasteiger partial charge in [-0.05, 0) is 30.5 Å². The van der Waals surface area contributed by atoms with Gasteiger partial charge in [0.05, 0.1) is 12.1 Å². The van der Waals surface area contributed by atoms with Crippen LogP contribution >= 0.6 is 11.6 Å². The van der Waals surface area contributed by atoms with Crippen LogP contribution in [0.2, 0.25) is 5.02 Å². The highest BCUT2D eigenvalue weighted by atomic mass is 35.5. The Hall–Kier alpha value is -1.03. The van der Waals surface area contributed by atoms with Crippen molar-refractivity contribution < 1.29 is 13.5 Å². The van der Waals surface area contributed by atoms with Crippen molar-refractivity contribution in [1.29, 1.82) is 0 Å². The van der Waals surface area contributed by atoms with Crippen LogP contribution in [-0.4, -0.2) is 19.6 Å². The van der Waals surface area contributed by atoms with E-state index in [1.807, 2.05) is 6.07 Å². The van der Waals surface area contributed by atoms with Gasteiger partial charge in [-0.25, -0.2) is 8.78 Å². The summed E-state index contributed by atoms with van der Waals surface area (Å²) in [5.74, 6) is -1.85. The van der Waals surface area contributed by atoms with Gasteiger partial charge in [0.15, 0.2) is 0 Å². The van der Waals surface area contributed by atoms with Gasteiger partial charge in [0.25, 0.3) is 0 Å². The van der Waals surface area contributed by atoms with Crippen molar-refractivity contribution in [3.8, 4) is 5.75 Å². The first kappa shape index (κ1) is 13.4. The van der Waals surface area contributed by atoms with Crippen LogP contribution in [0.3, 0.4) is 0 Å². The normalized spacial score (nSPS) is 21.9. The van der Waals surface area contributed by atoms with E-state index in [-0.39, 0.29) is 18.8 Å². The highest BCUT2D eigenvalue weighted by Gasteiger charge is 2.38.